The van der Waals surface area contributed by atoms with Crippen molar-refractivity contribution in [1.82, 2.24) is 4.98 Å². The number of nitrogens with one attached hydrogen (secondary N) is 3. The number of rotatable bonds is 5. The number of aromatic amines is 1. The van der Waals surface area contributed by atoms with Crippen molar-refractivity contribution in [2.45, 2.75) is 13.8 Å². The summed E-state index contributed by atoms with van der Waals surface area (Å²) in [5.74, 6) is -0.389. The van der Waals surface area contributed by atoms with Crippen LogP contribution in [0.1, 0.15) is 22.8 Å². The molecular formula is C25H23N3O3. The molecule has 0 spiro atoms. The highest BCUT2D eigenvalue weighted by molar-refractivity contribution is 6.10. The van der Waals surface area contributed by atoms with Crippen molar-refractivity contribution in [3.05, 3.63) is 83.9 Å². The molecule has 6 heteroatoms. The van der Waals surface area contributed by atoms with Crippen molar-refractivity contribution < 1.29 is 14.3 Å². The Morgan fingerprint density at radius 3 is 2.32 bits per heavy atom. The monoisotopic (exact) mass is 413 g/mol. The van der Waals surface area contributed by atoms with E-state index in [1.807, 2.05) is 55.5 Å². The molecule has 31 heavy (non-hydrogen) atoms. The Morgan fingerprint density at radius 1 is 0.903 bits per heavy atom. The smallest absolute Gasteiger partial charge is 0.338 e. The van der Waals surface area contributed by atoms with Gasteiger partial charge in [-0.15, -0.1) is 0 Å². The highest BCUT2D eigenvalue weighted by Crippen LogP contribution is 2.35. The van der Waals surface area contributed by atoms with Crippen molar-refractivity contribution in [2.24, 2.45) is 0 Å². The number of hydrogen-bond acceptors (Lipinski definition) is 3. The molecule has 1 heterocycles. The van der Waals surface area contributed by atoms with Gasteiger partial charge in [-0.1, -0.05) is 48.0 Å². The molecule has 1 aromatic heterocycles. The topological polar surface area (TPSA) is 83.2 Å². The van der Waals surface area contributed by atoms with E-state index in [4.69, 9.17) is 4.74 Å². The molecule has 0 unspecified atom stereocenters. The minimum Gasteiger partial charge on any atom is -0.462 e. The lowest BCUT2D eigenvalue weighted by atomic mass is 10.1. The van der Waals surface area contributed by atoms with Crippen LogP contribution in [0.15, 0.2) is 72.8 Å². The Hall–Kier alpha value is -4.06. The first kappa shape index (κ1) is 20.2. The van der Waals surface area contributed by atoms with E-state index in [0.29, 0.717) is 23.5 Å². The normalized spacial score (nSPS) is 10.6. The Kier molecular flexibility index (Phi) is 5.71. The van der Waals surface area contributed by atoms with Crippen molar-refractivity contribution in [2.75, 3.05) is 17.2 Å². The molecule has 3 N–H and O–H groups in total. The number of para-hydroxylation sites is 1. The Morgan fingerprint density at radius 2 is 1.61 bits per heavy atom. The molecule has 156 valence electrons. The quantitative estimate of drug-likeness (QED) is 0.353. The molecule has 0 bridgehead atoms. The number of carbonyl (C=O) groups excluding carboxylic acids is 2. The SMILES string of the molecule is CCOC(=O)c1ccc(NC(=O)Nc2c(-c3ccc(C)cc3)[nH]c3ccccc23)cc1. The molecule has 0 saturated heterocycles. The number of anilines is 2. The van der Waals surface area contributed by atoms with Gasteiger partial charge in [0, 0.05) is 22.2 Å². The standard InChI is InChI=1S/C25H23N3O3/c1-3-31-24(29)18-12-14-19(15-13-18)26-25(30)28-23-20-6-4-5-7-21(20)27-22(23)17-10-8-16(2)9-11-17/h4-15,27H,3H2,1-2H3,(H2,26,28,30). The number of fused-ring (bicyclic) bond motifs is 1. The van der Waals surface area contributed by atoms with Crippen LogP contribution in [-0.4, -0.2) is 23.6 Å². The predicted octanol–water partition coefficient (Wildman–Crippen LogP) is 5.96. The summed E-state index contributed by atoms with van der Waals surface area (Å²) in [6, 6.07) is 22.2. The second-order valence-corrected chi connectivity index (χ2v) is 7.16. The highest BCUT2D eigenvalue weighted by atomic mass is 16.5. The van der Waals surface area contributed by atoms with Crippen molar-refractivity contribution in [1.29, 1.82) is 0 Å². The third-order valence-electron chi connectivity index (χ3n) is 4.94. The molecule has 0 aliphatic rings. The van der Waals surface area contributed by atoms with E-state index in [1.165, 1.54) is 5.56 Å². The minimum atomic E-state index is -0.389. The van der Waals surface area contributed by atoms with Gasteiger partial charge < -0.3 is 20.4 Å². The third kappa shape index (κ3) is 4.43. The van der Waals surface area contributed by atoms with Gasteiger partial charge in [0.1, 0.15) is 0 Å². The number of carbonyl (C=O) groups is 2. The van der Waals surface area contributed by atoms with Gasteiger partial charge in [-0.25, -0.2) is 9.59 Å². The zero-order valence-corrected chi connectivity index (χ0v) is 17.4. The molecule has 0 fully saturated rings. The predicted molar refractivity (Wildman–Crippen MR) is 124 cm³/mol. The lowest BCUT2D eigenvalue weighted by Crippen LogP contribution is -2.19. The van der Waals surface area contributed by atoms with Gasteiger partial charge in [0.05, 0.1) is 23.6 Å². The summed E-state index contributed by atoms with van der Waals surface area (Å²) in [5, 5.41) is 6.72. The first-order chi connectivity index (χ1) is 15.0. The van der Waals surface area contributed by atoms with Gasteiger partial charge in [0.2, 0.25) is 0 Å². The molecule has 2 amide bonds. The first-order valence-electron chi connectivity index (χ1n) is 10.1. The molecular weight excluding hydrogens is 390 g/mol. The zero-order chi connectivity index (χ0) is 21.8. The van der Waals surface area contributed by atoms with Crippen molar-refractivity contribution in [3.8, 4) is 11.3 Å². The average Bonchev–Trinajstić information content (AvgIpc) is 3.13. The van der Waals surface area contributed by atoms with E-state index in [-0.39, 0.29) is 12.0 Å². The second kappa shape index (κ2) is 8.75. The molecule has 0 atom stereocenters. The molecule has 3 aromatic carbocycles. The fourth-order valence-corrected chi connectivity index (χ4v) is 3.39. The van der Waals surface area contributed by atoms with Crippen LogP contribution in [-0.2, 0) is 4.74 Å². The fraction of sp³-hybridized carbons (Fsp3) is 0.120. The maximum atomic E-state index is 12.8. The molecule has 4 aromatic rings. The lowest BCUT2D eigenvalue weighted by Gasteiger charge is -2.10. The van der Waals surface area contributed by atoms with Gasteiger partial charge in [-0.05, 0) is 44.2 Å². The van der Waals surface area contributed by atoms with Crippen LogP contribution in [0.5, 0.6) is 0 Å². The number of benzene rings is 3. The van der Waals surface area contributed by atoms with Crippen LogP contribution in [0.3, 0.4) is 0 Å². The van der Waals surface area contributed by atoms with Crippen LogP contribution in [0, 0.1) is 6.92 Å². The average molecular weight is 413 g/mol. The van der Waals surface area contributed by atoms with Crippen molar-refractivity contribution >= 4 is 34.3 Å². The maximum Gasteiger partial charge on any atom is 0.338 e. The Bertz CT molecular complexity index is 1230. The van der Waals surface area contributed by atoms with Gasteiger partial charge in [-0.3, -0.25) is 0 Å². The summed E-state index contributed by atoms with van der Waals surface area (Å²) in [7, 11) is 0. The number of amides is 2. The molecule has 0 aliphatic heterocycles. The van der Waals surface area contributed by atoms with E-state index in [0.717, 1.165) is 22.2 Å². The zero-order valence-electron chi connectivity index (χ0n) is 17.4. The van der Waals surface area contributed by atoms with Crippen LogP contribution < -0.4 is 10.6 Å². The van der Waals surface area contributed by atoms with E-state index in [2.05, 4.69) is 15.6 Å². The number of aryl methyl sites for hydroxylation is 1. The Balaban J connectivity index is 1.58. The largest absolute Gasteiger partial charge is 0.462 e. The second-order valence-electron chi connectivity index (χ2n) is 7.16. The lowest BCUT2D eigenvalue weighted by molar-refractivity contribution is 0.0526. The van der Waals surface area contributed by atoms with Crippen LogP contribution in [0.4, 0.5) is 16.2 Å². The van der Waals surface area contributed by atoms with Gasteiger partial charge in [0.25, 0.3) is 0 Å². The van der Waals surface area contributed by atoms with Crippen LogP contribution >= 0.6 is 0 Å². The van der Waals surface area contributed by atoms with Gasteiger partial charge in [-0.2, -0.15) is 0 Å². The highest BCUT2D eigenvalue weighted by Gasteiger charge is 2.16. The van der Waals surface area contributed by atoms with Gasteiger partial charge >= 0.3 is 12.0 Å². The van der Waals surface area contributed by atoms with E-state index in [9.17, 15) is 9.59 Å². The van der Waals surface area contributed by atoms with Crippen LogP contribution in [0.25, 0.3) is 22.2 Å². The van der Waals surface area contributed by atoms with E-state index in [1.54, 1.807) is 31.2 Å². The number of aromatic nitrogens is 1. The first-order valence-corrected chi connectivity index (χ1v) is 10.1. The summed E-state index contributed by atoms with van der Waals surface area (Å²) in [6.07, 6.45) is 0. The molecule has 0 aliphatic carbocycles. The molecule has 0 saturated carbocycles. The number of ether oxygens (including phenoxy) is 1. The fourth-order valence-electron chi connectivity index (χ4n) is 3.39. The molecule has 4 rings (SSSR count). The molecule has 6 nitrogen and oxygen atoms in total. The third-order valence-corrected chi connectivity index (χ3v) is 4.94. The number of esters is 1. The number of H-pyrrole nitrogens is 1. The number of urea groups is 1. The van der Waals surface area contributed by atoms with Crippen molar-refractivity contribution in [3.63, 3.8) is 0 Å². The van der Waals surface area contributed by atoms with E-state index < -0.39 is 0 Å². The summed E-state index contributed by atoms with van der Waals surface area (Å²) in [6.45, 7) is 4.11. The van der Waals surface area contributed by atoms with Crippen LogP contribution in [0.2, 0.25) is 0 Å². The Labute approximate surface area is 180 Å². The maximum absolute atomic E-state index is 12.8. The van der Waals surface area contributed by atoms with Gasteiger partial charge in [0.15, 0.2) is 0 Å². The summed E-state index contributed by atoms with van der Waals surface area (Å²) < 4.78 is 4.98. The summed E-state index contributed by atoms with van der Waals surface area (Å²) in [4.78, 5) is 27.9. The van der Waals surface area contributed by atoms with E-state index >= 15 is 0 Å². The summed E-state index contributed by atoms with van der Waals surface area (Å²) in [5.41, 5.74) is 5.64. The minimum absolute atomic E-state index is 0.315. The summed E-state index contributed by atoms with van der Waals surface area (Å²) >= 11 is 0. The number of hydrogen-bond donors (Lipinski definition) is 3. The molecule has 0 radical (unpaired) electrons.